The van der Waals surface area contributed by atoms with E-state index in [2.05, 4.69) is 19.2 Å². The molecule has 0 unspecified atom stereocenters. The first-order valence-corrected chi connectivity index (χ1v) is 6.00. The second-order valence-corrected chi connectivity index (χ2v) is 4.59. The molecule has 4 heteroatoms. The minimum atomic E-state index is -0.450. The summed E-state index contributed by atoms with van der Waals surface area (Å²) in [4.78, 5) is 11.4. The lowest BCUT2D eigenvalue weighted by Gasteiger charge is -2.04. The van der Waals surface area contributed by atoms with Crippen molar-refractivity contribution in [2.24, 2.45) is 5.92 Å². The van der Waals surface area contributed by atoms with Gasteiger partial charge in [-0.2, -0.15) is 0 Å². The lowest BCUT2D eigenvalue weighted by Crippen LogP contribution is -2.23. The number of rotatable bonds is 5. The molecule has 18 heavy (non-hydrogen) atoms. The summed E-state index contributed by atoms with van der Waals surface area (Å²) < 4.78 is 12.9. The molecular formula is C14H19FN2O. The van der Waals surface area contributed by atoms with E-state index in [0.29, 0.717) is 18.0 Å². The quantitative estimate of drug-likeness (QED) is 0.623. The molecule has 98 valence electrons. The number of amides is 1. The van der Waals surface area contributed by atoms with Gasteiger partial charge in [0.15, 0.2) is 0 Å². The van der Waals surface area contributed by atoms with E-state index >= 15 is 0 Å². The molecule has 0 aliphatic carbocycles. The highest BCUT2D eigenvalue weighted by molar-refractivity contribution is 5.91. The minimum Gasteiger partial charge on any atom is -0.396 e. The van der Waals surface area contributed by atoms with E-state index in [9.17, 15) is 9.18 Å². The van der Waals surface area contributed by atoms with Crippen LogP contribution in [0.15, 0.2) is 24.3 Å². The molecule has 0 aromatic heterocycles. The fourth-order valence-corrected chi connectivity index (χ4v) is 1.38. The van der Waals surface area contributed by atoms with Crippen LogP contribution in [0.2, 0.25) is 0 Å². The first-order chi connectivity index (χ1) is 8.49. The number of nitrogens with two attached hydrogens (primary N) is 1. The predicted molar refractivity (Wildman–Crippen MR) is 72.3 cm³/mol. The first-order valence-electron chi connectivity index (χ1n) is 6.00. The van der Waals surface area contributed by atoms with Crippen molar-refractivity contribution in [2.75, 3.05) is 12.3 Å². The zero-order valence-corrected chi connectivity index (χ0v) is 10.7. The molecule has 0 aliphatic rings. The average Bonchev–Trinajstić information content (AvgIpc) is 2.30. The molecule has 3 N–H and O–H groups in total. The number of nitrogens with one attached hydrogen (secondary N) is 1. The van der Waals surface area contributed by atoms with Crippen molar-refractivity contribution in [3.8, 4) is 0 Å². The summed E-state index contributed by atoms with van der Waals surface area (Å²) in [5.41, 5.74) is 6.21. The van der Waals surface area contributed by atoms with Crippen molar-refractivity contribution in [1.82, 2.24) is 5.32 Å². The smallest absolute Gasteiger partial charge is 0.243 e. The lowest BCUT2D eigenvalue weighted by atomic mass is 10.1. The number of hydrogen-bond acceptors (Lipinski definition) is 2. The van der Waals surface area contributed by atoms with Gasteiger partial charge in [0, 0.05) is 12.6 Å². The van der Waals surface area contributed by atoms with Gasteiger partial charge in [-0.3, -0.25) is 4.79 Å². The standard InChI is InChI=1S/C14H19FN2O/c1-10(2)7-8-17-14(18)6-4-11-3-5-12(15)13(16)9-11/h3-6,9-10H,7-8,16H2,1-2H3,(H,17,18)/b6-4+. The summed E-state index contributed by atoms with van der Waals surface area (Å²) in [5.74, 6) is -0.0433. The molecule has 0 heterocycles. The maximum absolute atomic E-state index is 12.9. The molecule has 0 aliphatic heterocycles. The van der Waals surface area contributed by atoms with Crippen LogP contribution in [-0.4, -0.2) is 12.5 Å². The van der Waals surface area contributed by atoms with Gasteiger partial charge in [-0.25, -0.2) is 4.39 Å². The summed E-state index contributed by atoms with van der Waals surface area (Å²) in [6.45, 7) is 4.86. The lowest BCUT2D eigenvalue weighted by molar-refractivity contribution is -0.116. The van der Waals surface area contributed by atoms with Gasteiger partial charge in [-0.15, -0.1) is 0 Å². The molecule has 1 aromatic carbocycles. The predicted octanol–water partition coefficient (Wildman–Crippen LogP) is 2.58. The van der Waals surface area contributed by atoms with Gasteiger partial charge in [-0.05, 0) is 36.1 Å². The maximum Gasteiger partial charge on any atom is 0.243 e. The Hall–Kier alpha value is -1.84. The largest absolute Gasteiger partial charge is 0.396 e. The Labute approximate surface area is 107 Å². The van der Waals surface area contributed by atoms with Crippen molar-refractivity contribution in [3.63, 3.8) is 0 Å². The molecular weight excluding hydrogens is 231 g/mol. The summed E-state index contributed by atoms with van der Waals surface area (Å²) in [7, 11) is 0. The van der Waals surface area contributed by atoms with Gasteiger partial charge < -0.3 is 11.1 Å². The number of halogens is 1. The van der Waals surface area contributed by atoms with E-state index in [1.54, 1.807) is 12.1 Å². The van der Waals surface area contributed by atoms with E-state index in [-0.39, 0.29) is 11.6 Å². The molecule has 1 rings (SSSR count). The first kappa shape index (κ1) is 14.2. The SMILES string of the molecule is CC(C)CCNC(=O)/C=C/c1ccc(F)c(N)c1. The maximum atomic E-state index is 12.9. The topological polar surface area (TPSA) is 55.1 Å². The number of anilines is 1. The van der Waals surface area contributed by atoms with E-state index in [1.165, 1.54) is 18.2 Å². The zero-order chi connectivity index (χ0) is 13.5. The number of hydrogen-bond donors (Lipinski definition) is 2. The van der Waals surface area contributed by atoms with Crippen LogP contribution in [-0.2, 0) is 4.79 Å². The Balaban J connectivity index is 2.48. The number of nitrogen functional groups attached to an aromatic ring is 1. The van der Waals surface area contributed by atoms with Gasteiger partial charge in [0.1, 0.15) is 5.82 Å². The molecule has 0 saturated carbocycles. The highest BCUT2D eigenvalue weighted by Crippen LogP contribution is 2.13. The molecule has 0 bridgehead atoms. The summed E-state index contributed by atoms with van der Waals surface area (Å²) >= 11 is 0. The van der Waals surface area contributed by atoms with Crippen molar-refractivity contribution >= 4 is 17.7 Å². The van der Waals surface area contributed by atoms with Gasteiger partial charge >= 0.3 is 0 Å². The molecule has 0 radical (unpaired) electrons. The third kappa shape index (κ3) is 4.99. The number of benzene rings is 1. The average molecular weight is 250 g/mol. The molecule has 0 atom stereocenters. The minimum absolute atomic E-state index is 0.0809. The molecule has 0 saturated heterocycles. The van der Waals surface area contributed by atoms with Gasteiger partial charge in [0.05, 0.1) is 5.69 Å². The van der Waals surface area contributed by atoms with Crippen LogP contribution in [0.4, 0.5) is 10.1 Å². The molecule has 1 amide bonds. The van der Waals surface area contributed by atoms with Crippen LogP contribution in [0, 0.1) is 11.7 Å². The van der Waals surface area contributed by atoms with Crippen LogP contribution >= 0.6 is 0 Å². The summed E-state index contributed by atoms with van der Waals surface area (Å²) in [6, 6.07) is 4.35. The van der Waals surface area contributed by atoms with E-state index in [0.717, 1.165) is 6.42 Å². The highest BCUT2D eigenvalue weighted by atomic mass is 19.1. The zero-order valence-electron chi connectivity index (χ0n) is 10.7. The molecule has 3 nitrogen and oxygen atoms in total. The molecule has 0 fully saturated rings. The van der Waals surface area contributed by atoms with Gasteiger partial charge in [0.2, 0.25) is 5.91 Å². The monoisotopic (exact) mass is 250 g/mol. The highest BCUT2D eigenvalue weighted by Gasteiger charge is 1.99. The second-order valence-electron chi connectivity index (χ2n) is 4.59. The van der Waals surface area contributed by atoms with Crippen molar-refractivity contribution in [1.29, 1.82) is 0 Å². The van der Waals surface area contributed by atoms with Crippen molar-refractivity contribution in [2.45, 2.75) is 20.3 Å². The van der Waals surface area contributed by atoms with Crippen LogP contribution < -0.4 is 11.1 Å². The van der Waals surface area contributed by atoms with Crippen LogP contribution in [0.5, 0.6) is 0 Å². The Bertz CT molecular complexity index is 441. The van der Waals surface area contributed by atoms with Crippen LogP contribution in [0.25, 0.3) is 6.08 Å². The summed E-state index contributed by atoms with van der Waals surface area (Å²) in [6.07, 6.45) is 3.98. The molecule has 0 spiro atoms. The molecule has 1 aromatic rings. The fraction of sp³-hybridized carbons (Fsp3) is 0.357. The van der Waals surface area contributed by atoms with Gasteiger partial charge in [-0.1, -0.05) is 19.9 Å². The van der Waals surface area contributed by atoms with Gasteiger partial charge in [0.25, 0.3) is 0 Å². The Morgan fingerprint density at radius 3 is 2.83 bits per heavy atom. The third-order valence-electron chi connectivity index (χ3n) is 2.47. The van der Waals surface area contributed by atoms with Crippen LogP contribution in [0.3, 0.4) is 0 Å². The van der Waals surface area contributed by atoms with E-state index in [4.69, 9.17) is 5.73 Å². The number of carbonyl (C=O) groups is 1. The summed E-state index contributed by atoms with van der Waals surface area (Å²) in [5, 5.41) is 2.78. The number of carbonyl (C=O) groups excluding carboxylic acids is 1. The Kier molecular flexibility index (Phi) is 5.36. The van der Waals surface area contributed by atoms with E-state index < -0.39 is 5.82 Å². The second kappa shape index (κ2) is 6.79. The third-order valence-corrected chi connectivity index (χ3v) is 2.47. The van der Waals surface area contributed by atoms with Crippen molar-refractivity contribution in [3.05, 3.63) is 35.7 Å². The fourth-order valence-electron chi connectivity index (χ4n) is 1.38. The van der Waals surface area contributed by atoms with Crippen LogP contribution in [0.1, 0.15) is 25.8 Å². The Morgan fingerprint density at radius 2 is 2.22 bits per heavy atom. The Morgan fingerprint density at radius 1 is 1.50 bits per heavy atom. The van der Waals surface area contributed by atoms with Crippen molar-refractivity contribution < 1.29 is 9.18 Å². The van der Waals surface area contributed by atoms with E-state index in [1.807, 2.05) is 0 Å². The normalized spacial score (nSPS) is 11.1.